The lowest BCUT2D eigenvalue weighted by molar-refractivity contribution is -0.133. The van der Waals surface area contributed by atoms with E-state index >= 15 is 0 Å². The molecule has 31 heavy (non-hydrogen) atoms. The molecule has 3 rings (SSSR count). The van der Waals surface area contributed by atoms with Crippen LogP contribution >= 0.6 is 11.6 Å². The molecule has 168 valence electrons. The Labute approximate surface area is 186 Å². The van der Waals surface area contributed by atoms with Gasteiger partial charge in [0.25, 0.3) is 0 Å². The second-order valence-corrected chi connectivity index (χ2v) is 7.81. The topological polar surface area (TPSA) is 101 Å². The zero-order chi connectivity index (χ0) is 22.1. The van der Waals surface area contributed by atoms with Gasteiger partial charge in [0.1, 0.15) is 0 Å². The summed E-state index contributed by atoms with van der Waals surface area (Å²) in [4.78, 5) is 32.7. The zero-order valence-electron chi connectivity index (χ0n) is 17.7. The fourth-order valence-electron chi connectivity index (χ4n) is 3.30. The molecule has 0 bridgehead atoms. The van der Waals surface area contributed by atoms with Crippen LogP contribution in [0.5, 0.6) is 0 Å². The predicted molar refractivity (Wildman–Crippen MR) is 116 cm³/mol. The van der Waals surface area contributed by atoms with Gasteiger partial charge in [-0.1, -0.05) is 16.8 Å². The van der Waals surface area contributed by atoms with Gasteiger partial charge in [0.2, 0.25) is 23.5 Å². The fourth-order valence-corrected chi connectivity index (χ4v) is 3.43. The maximum absolute atomic E-state index is 12.5. The van der Waals surface area contributed by atoms with E-state index in [2.05, 4.69) is 20.4 Å². The van der Waals surface area contributed by atoms with Gasteiger partial charge in [-0.3, -0.25) is 14.5 Å². The summed E-state index contributed by atoms with van der Waals surface area (Å²) in [5.41, 5.74) is 0.810. The summed E-state index contributed by atoms with van der Waals surface area (Å²) in [7, 11) is 1.64. The van der Waals surface area contributed by atoms with Crippen LogP contribution in [-0.4, -0.2) is 84.7 Å². The molecule has 1 saturated heterocycles. The van der Waals surface area contributed by atoms with Gasteiger partial charge in [-0.15, -0.1) is 0 Å². The number of methoxy groups -OCH3 is 1. The van der Waals surface area contributed by atoms with Gasteiger partial charge in [0.05, 0.1) is 6.54 Å². The minimum atomic E-state index is 0.00349. The molecule has 10 heteroatoms. The number of ether oxygens (including phenoxy) is 1. The minimum absolute atomic E-state index is 0.00349. The van der Waals surface area contributed by atoms with Gasteiger partial charge in [-0.2, -0.15) is 4.98 Å². The Bertz CT molecular complexity index is 850. The molecule has 0 aliphatic carbocycles. The molecule has 2 heterocycles. The van der Waals surface area contributed by atoms with Crippen molar-refractivity contribution in [3.05, 3.63) is 35.2 Å². The summed E-state index contributed by atoms with van der Waals surface area (Å²) in [5, 5.41) is 7.49. The number of benzene rings is 1. The summed E-state index contributed by atoms with van der Waals surface area (Å²) in [5.74, 6) is 0.967. The third kappa shape index (κ3) is 7.30. The van der Waals surface area contributed by atoms with Crippen molar-refractivity contribution in [1.82, 2.24) is 25.3 Å². The van der Waals surface area contributed by atoms with Crippen LogP contribution in [0.4, 0.5) is 0 Å². The van der Waals surface area contributed by atoms with Crippen molar-refractivity contribution in [1.29, 1.82) is 0 Å². The van der Waals surface area contributed by atoms with Gasteiger partial charge in [0.15, 0.2) is 0 Å². The van der Waals surface area contributed by atoms with E-state index in [0.717, 1.165) is 12.0 Å². The molecular formula is C21H28ClN5O4. The summed E-state index contributed by atoms with van der Waals surface area (Å²) in [6.45, 7) is 4.17. The first-order chi connectivity index (χ1) is 15.0. The highest BCUT2D eigenvalue weighted by atomic mass is 35.5. The van der Waals surface area contributed by atoms with Crippen LogP contribution in [0.15, 0.2) is 28.8 Å². The number of aromatic nitrogens is 2. The standard InChI is InChI=1S/C21H28ClN5O4/c1-30-14-2-9-23-18(28)15-26-10-12-27(13-11-26)20(29)8-7-19-24-21(25-31-19)16-3-5-17(22)6-4-16/h3-6H,2,7-15H2,1H3,(H,23,28). The lowest BCUT2D eigenvalue weighted by Gasteiger charge is -2.34. The Morgan fingerprint density at radius 3 is 2.65 bits per heavy atom. The first-order valence-corrected chi connectivity index (χ1v) is 10.8. The van der Waals surface area contributed by atoms with Crippen molar-refractivity contribution in [3.8, 4) is 11.4 Å². The second kappa shape index (κ2) is 11.8. The average Bonchev–Trinajstić information content (AvgIpc) is 3.25. The van der Waals surface area contributed by atoms with Crippen LogP contribution in [0.2, 0.25) is 5.02 Å². The molecule has 1 fully saturated rings. The van der Waals surface area contributed by atoms with E-state index in [1.807, 2.05) is 17.0 Å². The summed E-state index contributed by atoms with van der Waals surface area (Å²) < 4.78 is 10.2. The van der Waals surface area contributed by atoms with Gasteiger partial charge in [-0.25, -0.2) is 0 Å². The molecule has 1 N–H and O–H groups in total. The Morgan fingerprint density at radius 2 is 1.94 bits per heavy atom. The molecule has 0 saturated carbocycles. The van der Waals surface area contributed by atoms with E-state index in [0.29, 0.717) is 75.5 Å². The zero-order valence-corrected chi connectivity index (χ0v) is 18.4. The summed E-state index contributed by atoms with van der Waals surface area (Å²) in [6, 6.07) is 7.17. The van der Waals surface area contributed by atoms with Gasteiger partial charge in [0, 0.05) is 69.9 Å². The maximum Gasteiger partial charge on any atom is 0.234 e. The van der Waals surface area contributed by atoms with E-state index in [4.69, 9.17) is 20.9 Å². The Hall–Kier alpha value is -2.49. The van der Waals surface area contributed by atoms with Crippen molar-refractivity contribution in [2.45, 2.75) is 19.3 Å². The van der Waals surface area contributed by atoms with Crippen LogP contribution in [0.1, 0.15) is 18.7 Å². The maximum atomic E-state index is 12.5. The van der Waals surface area contributed by atoms with E-state index in [1.165, 1.54) is 0 Å². The summed E-state index contributed by atoms with van der Waals surface area (Å²) >= 11 is 5.89. The fraction of sp³-hybridized carbons (Fsp3) is 0.524. The molecule has 0 spiro atoms. The smallest absolute Gasteiger partial charge is 0.234 e. The number of nitrogens with one attached hydrogen (secondary N) is 1. The van der Waals surface area contributed by atoms with E-state index in [-0.39, 0.29) is 11.8 Å². The normalized spacial score (nSPS) is 14.6. The van der Waals surface area contributed by atoms with Crippen molar-refractivity contribution in [2.75, 3.05) is 53.0 Å². The van der Waals surface area contributed by atoms with Crippen molar-refractivity contribution in [2.24, 2.45) is 0 Å². The van der Waals surface area contributed by atoms with Crippen molar-refractivity contribution in [3.63, 3.8) is 0 Å². The molecule has 2 aromatic rings. The number of hydrogen-bond acceptors (Lipinski definition) is 7. The predicted octanol–water partition coefficient (Wildman–Crippen LogP) is 1.62. The number of halogens is 1. The minimum Gasteiger partial charge on any atom is -0.385 e. The second-order valence-electron chi connectivity index (χ2n) is 7.37. The first kappa shape index (κ1) is 23.2. The average molecular weight is 450 g/mol. The highest BCUT2D eigenvalue weighted by molar-refractivity contribution is 6.30. The lowest BCUT2D eigenvalue weighted by atomic mass is 10.2. The van der Waals surface area contributed by atoms with Gasteiger partial charge < -0.3 is 19.5 Å². The molecule has 2 amide bonds. The van der Waals surface area contributed by atoms with Crippen LogP contribution in [-0.2, 0) is 20.7 Å². The number of piperazine rings is 1. The van der Waals surface area contributed by atoms with Crippen LogP contribution < -0.4 is 5.32 Å². The van der Waals surface area contributed by atoms with E-state index < -0.39 is 0 Å². The molecule has 1 aliphatic heterocycles. The Balaban J connectivity index is 1.37. The van der Waals surface area contributed by atoms with Crippen LogP contribution in [0.3, 0.4) is 0 Å². The molecule has 9 nitrogen and oxygen atoms in total. The largest absolute Gasteiger partial charge is 0.385 e. The molecule has 0 atom stereocenters. The highest BCUT2D eigenvalue weighted by Crippen LogP contribution is 2.19. The van der Waals surface area contributed by atoms with Crippen molar-refractivity contribution < 1.29 is 18.8 Å². The highest BCUT2D eigenvalue weighted by Gasteiger charge is 2.22. The van der Waals surface area contributed by atoms with Crippen molar-refractivity contribution >= 4 is 23.4 Å². The third-order valence-electron chi connectivity index (χ3n) is 5.06. The van der Waals surface area contributed by atoms with E-state index in [9.17, 15) is 9.59 Å². The molecule has 0 unspecified atom stereocenters. The van der Waals surface area contributed by atoms with Crippen LogP contribution in [0.25, 0.3) is 11.4 Å². The number of amides is 2. The molecule has 0 radical (unpaired) electrons. The number of rotatable bonds is 10. The number of carbonyl (C=O) groups excluding carboxylic acids is 2. The lowest BCUT2D eigenvalue weighted by Crippen LogP contribution is -2.51. The number of hydrogen-bond donors (Lipinski definition) is 1. The number of carbonyl (C=O) groups is 2. The molecular weight excluding hydrogens is 422 g/mol. The first-order valence-electron chi connectivity index (χ1n) is 10.4. The molecule has 1 aromatic carbocycles. The molecule has 1 aromatic heterocycles. The quantitative estimate of drug-likeness (QED) is 0.550. The Kier molecular flexibility index (Phi) is 8.81. The SMILES string of the molecule is COCCCNC(=O)CN1CCN(C(=O)CCc2nc(-c3ccc(Cl)cc3)no2)CC1. The summed E-state index contributed by atoms with van der Waals surface area (Å²) in [6.07, 6.45) is 1.50. The molecule has 1 aliphatic rings. The third-order valence-corrected chi connectivity index (χ3v) is 5.31. The monoisotopic (exact) mass is 449 g/mol. The van der Waals surface area contributed by atoms with E-state index in [1.54, 1.807) is 19.2 Å². The number of nitrogens with zero attached hydrogens (tertiary/aromatic N) is 4. The van der Waals surface area contributed by atoms with Crippen LogP contribution in [0, 0.1) is 0 Å². The Morgan fingerprint density at radius 1 is 1.19 bits per heavy atom. The van der Waals surface area contributed by atoms with Gasteiger partial charge in [-0.05, 0) is 30.7 Å². The van der Waals surface area contributed by atoms with Gasteiger partial charge >= 0.3 is 0 Å². The number of aryl methyl sites for hydroxylation is 1.